The first-order chi connectivity index (χ1) is 11.8. The van der Waals surface area contributed by atoms with Crippen LogP contribution in [0.15, 0.2) is 29.4 Å². The third-order valence-electron chi connectivity index (χ3n) is 4.34. The van der Waals surface area contributed by atoms with Gasteiger partial charge in [-0.25, -0.2) is 0 Å². The van der Waals surface area contributed by atoms with Gasteiger partial charge in [-0.1, -0.05) is 49.9 Å². The highest BCUT2D eigenvalue weighted by Crippen LogP contribution is 2.25. The van der Waals surface area contributed by atoms with E-state index in [-0.39, 0.29) is 17.6 Å². The lowest BCUT2D eigenvalue weighted by Gasteiger charge is -2.27. The lowest BCUT2D eigenvalue weighted by atomic mass is 9.90. The summed E-state index contributed by atoms with van der Waals surface area (Å²) in [5.41, 5.74) is 1.27. The zero-order valence-corrected chi connectivity index (χ0v) is 16.0. The van der Waals surface area contributed by atoms with Gasteiger partial charge in [0.1, 0.15) is 5.54 Å². The molecular weight excluding hydrogens is 334 g/mol. The maximum absolute atomic E-state index is 12.2. The van der Waals surface area contributed by atoms with Gasteiger partial charge in [0.05, 0.1) is 11.8 Å². The molecule has 0 spiro atoms. The van der Waals surface area contributed by atoms with E-state index in [2.05, 4.69) is 21.6 Å². The van der Waals surface area contributed by atoms with Crippen LogP contribution in [0.5, 0.6) is 0 Å². The number of aryl methyl sites for hydroxylation is 1. The van der Waals surface area contributed by atoms with Crippen molar-refractivity contribution in [2.24, 2.45) is 13.0 Å². The number of benzene rings is 1. The zero-order chi connectivity index (χ0) is 18.6. The Balaban J connectivity index is 2.07. The largest absolute Gasteiger partial charge is 0.337 e. The number of nitrogens with one attached hydrogen (secondary N) is 1. The molecule has 0 bridgehead atoms. The van der Waals surface area contributed by atoms with Crippen LogP contribution in [-0.4, -0.2) is 32.0 Å². The summed E-state index contributed by atoms with van der Waals surface area (Å²) >= 11 is 1.31. The molecule has 1 aromatic heterocycles. The number of rotatable bonds is 6. The van der Waals surface area contributed by atoms with Gasteiger partial charge < -0.3 is 9.88 Å². The van der Waals surface area contributed by atoms with Crippen LogP contribution < -0.4 is 5.32 Å². The molecule has 0 saturated carbocycles. The second kappa shape index (κ2) is 7.70. The highest BCUT2D eigenvalue weighted by Gasteiger charge is 2.30. The van der Waals surface area contributed by atoms with E-state index in [1.54, 1.807) is 6.92 Å². The molecule has 0 aliphatic heterocycles. The summed E-state index contributed by atoms with van der Waals surface area (Å²) in [6.07, 6.45) is 0. The van der Waals surface area contributed by atoms with E-state index in [1.165, 1.54) is 11.8 Å². The van der Waals surface area contributed by atoms with Gasteiger partial charge in [0.2, 0.25) is 5.91 Å². The normalized spacial score (nSPS) is 13.3. The molecule has 132 valence electrons. The standard InChI is InChI=1S/C18H23N5OS/c1-12(2)18(4,11-19)20-15(24)10-25-17-22-21-16(23(17)5)14-9-7-6-8-13(14)3/h6-9,12H,10H2,1-5H3,(H,20,24)/t18-/m1/s1. The van der Waals surface area contributed by atoms with Crippen LogP contribution in [0.3, 0.4) is 0 Å². The molecule has 0 aliphatic rings. The minimum absolute atomic E-state index is 0.0222. The SMILES string of the molecule is Cc1ccccc1-c1nnc(SCC(=O)N[C@](C)(C#N)C(C)C)n1C. The lowest BCUT2D eigenvalue weighted by Crippen LogP contribution is -2.49. The molecule has 2 rings (SSSR count). The van der Waals surface area contributed by atoms with E-state index >= 15 is 0 Å². The van der Waals surface area contributed by atoms with Crippen LogP contribution in [0.25, 0.3) is 11.4 Å². The van der Waals surface area contributed by atoms with Crippen molar-refractivity contribution in [3.8, 4) is 17.5 Å². The molecule has 1 N–H and O–H groups in total. The van der Waals surface area contributed by atoms with E-state index in [0.29, 0.717) is 5.16 Å². The smallest absolute Gasteiger partial charge is 0.231 e. The van der Waals surface area contributed by atoms with E-state index in [1.807, 2.05) is 56.7 Å². The molecule has 2 aromatic rings. The van der Waals surface area contributed by atoms with E-state index in [0.717, 1.165) is 17.0 Å². The Bertz CT molecular complexity index is 808. The molecule has 0 unspecified atom stereocenters. The molecular formula is C18H23N5OS. The molecule has 0 radical (unpaired) electrons. The van der Waals surface area contributed by atoms with Gasteiger partial charge in [-0.15, -0.1) is 10.2 Å². The molecule has 7 heteroatoms. The topological polar surface area (TPSA) is 83.6 Å². The summed E-state index contributed by atoms with van der Waals surface area (Å²) in [6.45, 7) is 7.58. The molecule has 0 saturated heterocycles. The fourth-order valence-corrected chi connectivity index (χ4v) is 2.97. The summed E-state index contributed by atoms with van der Waals surface area (Å²) in [6, 6.07) is 10.2. The monoisotopic (exact) mass is 357 g/mol. The van der Waals surface area contributed by atoms with Gasteiger partial charge in [0, 0.05) is 12.6 Å². The van der Waals surface area contributed by atoms with Gasteiger partial charge in [0.15, 0.2) is 11.0 Å². The van der Waals surface area contributed by atoms with Gasteiger partial charge in [-0.05, 0) is 25.3 Å². The third kappa shape index (κ3) is 4.20. The van der Waals surface area contributed by atoms with Crippen molar-refractivity contribution in [1.29, 1.82) is 5.26 Å². The van der Waals surface area contributed by atoms with E-state index in [9.17, 15) is 10.1 Å². The quantitative estimate of drug-likeness (QED) is 0.804. The van der Waals surface area contributed by atoms with Crippen LogP contribution in [0, 0.1) is 24.2 Å². The highest BCUT2D eigenvalue weighted by atomic mass is 32.2. The number of hydrogen-bond donors (Lipinski definition) is 1. The number of nitriles is 1. The number of aromatic nitrogens is 3. The minimum atomic E-state index is -0.871. The Labute approximate surface area is 152 Å². The van der Waals surface area contributed by atoms with Crippen molar-refractivity contribution < 1.29 is 4.79 Å². The van der Waals surface area contributed by atoms with E-state index in [4.69, 9.17) is 0 Å². The Kier molecular flexibility index (Phi) is 5.85. The fourth-order valence-electron chi connectivity index (χ4n) is 2.26. The lowest BCUT2D eigenvalue weighted by molar-refractivity contribution is -0.120. The van der Waals surface area contributed by atoms with Crippen LogP contribution in [-0.2, 0) is 11.8 Å². The van der Waals surface area contributed by atoms with Crippen molar-refractivity contribution in [3.05, 3.63) is 29.8 Å². The second-order valence-electron chi connectivity index (χ2n) is 6.49. The molecule has 1 amide bonds. The fraction of sp³-hybridized carbons (Fsp3) is 0.444. The summed E-state index contributed by atoms with van der Waals surface area (Å²) < 4.78 is 1.88. The number of carbonyl (C=O) groups excluding carboxylic acids is 1. The maximum Gasteiger partial charge on any atom is 0.231 e. The average molecular weight is 357 g/mol. The summed E-state index contributed by atoms with van der Waals surface area (Å²) in [4.78, 5) is 12.2. The number of thioether (sulfide) groups is 1. The Morgan fingerprint density at radius 2 is 2.08 bits per heavy atom. The minimum Gasteiger partial charge on any atom is -0.337 e. The first-order valence-electron chi connectivity index (χ1n) is 8.09. The van der Waals surface area contributed by atoms with Crippen molar-refractivity contribution >= 4 is 17.7 Å². The molecule has 0 fully saturated rings. The summed E-state index contributed by atoms with van der Waals surface area (Å²) in [5.74, 6) is 0.784. The number of hydrogen-bond acceptors (Lipinski definition) is 5. The van der Waals surface area contributed by atoms with Gasteiger partial charge in [0.25, 0.3) is 0 Å². The first-order valence-corrected chi connectivity index (χ1v) is 9.07. The maximum atomic E-state index is 12.2. The average Bonchev–Trinajstić information content (AvgIpc) is 2.94. The Morgan fingerprint density at radius 3 is 2.68 bits per heavy atom. The van der Waals surface area contributed by atoms with Crippen LogP contribution >= 0.6 is 11.8 Å². The molecule has 1 atom stereocenters. The van der Waals surface area contributed by atoms with E-state index < -0.39 is 5.54 Å². The molecule has 1 aromatic carbocycles. The second-order valence-corrected chi connectivity index (χ2v) is 7.43. The first kappa shape index (κ1) is 19.0. The highest BCUT2D eigenvalue weighted by molar-refractivity contribution is 7.99. The molecule has 6 nitrogen and oxygen atoms in total. The number of carbonyl (C=O) groups is 1. The van der Waals surface area contributed by atoms with Gasteiger partial charge in [-0.2, -0.15) is 5.26 Å². The zero-order valence-electron chi connectivity index (χ0n) is 15.2. The van der Waals surface area contributed by atoms with Crippen molar-refractivity contribution in [2.75, 3.05) is 5.75 Å². The Morgan fingerprint density at radius 1 is 1.40 bits per heavy atom. The van der Waals surface area contributed by atoms with Crippen molar-refractivity contribution in [3.63, 3.8) is 0 Å². The van der Waals surface area contributed by atoms with Gasteiger partial charge >= 0.3 is 0 Å². The number of amides is 1. The summed E-state index contributed by atoms with van der Waals surface area (Å²) in [5, 5.41) is 21.2. The van der Waals surface area contributed by atoms with Crippen LogP contribution in [0.1, 0.15) is 26.3 Å². The van der Waals surface area contributed by atoms with Gasteiger partial charge in [-0.3, -0.25) is 4.79 Å². The van der Waals surface area contributed by atoms with Crippen molar-refractivity contribution in [2.45, 2.75) is 38.4 Å². The summed E-state index contributed by atoms with van der Waals surface area (Å²) in [7, 11) is 1.88. The number of nitrogens with zero attached hydrogens (tertiary/aromatic N) is 4. The molecule has 25 heavy (non-hydrogen) atoms. The van der Waals surface area contributed by atoms with Crippen molar-refractivity contribution in [1.82, 2.24) is 20.1 Å². The molecule has 1 heterocycles. The predicted octanol–water partition coefficient (Wildman–Crippen LogP) is 2.94. The van der Waals surface area contributed by atoms with Crippen LogP contribution in [0.4, 0.5) is 0 Å². The van der Waals surface area contributed by atoms with Crippen LogP contribution in [0.2, 0.25) is 0 Å². The molecule has 0 aliphatic carbocycles. The third-order valence-corrected chi connectivity index (χ3v) is 5.36. The Hall–Kier alpha value is -2.33. The predicted molar refractivity (Wildman–Crippen MR) is 98.9 cm³/mol.